The van der Waals surface area contributed by atoms with E-state index in [-0.39, 0.29) is 11.9 Å². The maximum Gasteiger partial charge on any atom is 0.323 e. The van der Waals surface area contributed by atoms with Crippen LogP contribution in [-0.2, 0) is 0 Å². The average molecular weight is 299 g/mol. The third-order valence-corrected chi connectivity index (χ3v) is 2.98. The highest BCUT2D eigenvalue weighted by atomic mass is 16.5. The minimum atomic E-state index is -0.363. The Morgan fingerprint density at radius 2 is 1.36 bits per heavy atom. The van der Waals surface area contributed by atoms with Gasteiger partial charge < -0.3 is 20.7 Å². The van der Waals surface area contributed by atoms with Crippen LogP contribution in [0.25, 0.3) is 0 Å². The van der Waals surface area contributed by atoms with Crippen molar-refractivity contribution in [3.8, 4) is 5.75 Å². The fourth-order valence-corrected chi connectivity index (χ4v) is 1.82. The predicted octanol–water partition coefficient (Wildman–Crippen LogP) is 2.70. The van der Waals surface area contributed by atoms with Crippen molar-refractivity contribution in [2.45, 2.75) is 0 Å². The van der Waals surface area contributed by atoms with Gasteiger partial charge in [0.25, 0.3) is 5.91 Å². The van der Waals surface area contributed by atoms with Crippen LogP contribution in [0.4, 0.5) is 16.2 Å². The second-order valence-corrected chi connectivity index (χ2v) is 4.46. The van der Waals surface area contributed by atoms with E-state index in [9.17, 15) is 9.59 Å². The molecule has 0 fully saturated rings. The van der Waals surface area contributed by atoms with E-state index in [0.29, 0.717) is 16.9 Å². The number of anilines is 2. The third kappa shape index (κ3) is 3.99. The number of benzene rings is 2. The van der Waals surface area contributed by atoms with Crippen LogP contribution in [0.5, 0.6) is 5.75 Å². The molecule has 0 heterocycles. The first-order valence-electron chi connectivity index (χ1n) is 6.66. The van der Waals surface area contributed by atoms with E-state index in [1.165, 1.54) is 0 Å². The summed E-state index contributed by atoms with van der Waals surface area (Å²) in [6, 6.07) is 13.2. The molecule has 0 radical (unpaired) electrons. The van der Waals surface area contributed by atoms with Gasteiger partial charge in [-0.1, -0.05) is 0 Å². The molecule has 3 amide bonds. The molecule has 3 N–H and O–H groups in total. The Hall–Kier alpha value is -3.02. The second kappa shape index (κ2) is 7.12. The Morgan fingerprint density at radius 3 is 1.82 bits per heavy atom. The number of nitrogens with one attached hydrogen (secondary N) is 3. The van der Waals surface area contributed by atoms with Crippen LogP contribution < -0.4 is 20.7 Å². The summed E-state index contributed by atoms with van der Waals surface area (Å²) in [6.45, 7) is 0. The van der Waals surface area contributed by atoms with Gasteiger partial charge in [0.15, 0.2) is 0 Å². The van der Waals surface area contributed by atoms with E-state index in [1.807, 2.05) is 0 Å². The standard InChI is InChI=1S/C16H17N3O3/c1-17-15(20)11-3-5-12(6-4-11)18-16(21)19-13-7-9-14(22-2)10-8-13/h3-10H,1-2H3,(H,17,20)(H2,18,19,21). The van der Waals surface area contributed by atoms with E-state index >= 15 is 0 Å². The number of carbonyl (C=O) groups excluding carboxylic acids is 2. The van der Waals surface area contributed by atoms with Gasteiger partial charge in [-0.2, -0.15) is 0 Å². The Balaban J connectivity index is 1.94. The van der Waals surface area contributed by atoms with E-state index in [2.05, 4.69) is 16.0 Å². The fourth-order valence-electron chi connectivity index (χ4n) is 1.82. The van der Waals surface area contributed by atoms with Gasteiger partial charge in [-0.3, -0.25) is 4.79 Å². The molecular formula is C16H17N3O3. The van der Waals surface area contributed by atoms with Gasteiger partial charge in [0, 0.05) is 24.0 Å². The van der Waals surface area contributed by atoms with Gasteiger partial charge >= 0.3 is 6.03 Å². The zero-order valence-corrected chi connectivity index (χ0v) is 12.3. The van der Waals surface area contributed by atoms with Crippen LogP contribution >= 0.6 is 0 Å². The summed E-state index contributed by atoms with van der Waals surface area (Å²) in [5, 5.41) is 7.93. The van der Waals surface area contributed by atoms with Crippen LogP contribution in [0.2, 0.25) is 0 Å². The van der Waals surface area contributed by atoms with Crippen LogP contribution in [0.1, 0.15) is 10.4 Å². The Kier molecular flexibility index (Phi) is 4.98. The minimum Gasteiger partial charge on any atom is -0.497 e. The second-order valence-electron chi connectivity index (χ2n) is 4.46. The largest absolute Gasteiger partial charge is 0.497 e. The smallest absolute Gasteiger partial charge is 0.323 e. The first-order chi connectivity index (χ1) is 10.6. The van der Waals surface area contributed by atoms with Gasteiger partial charge in [-0.15, -0.1) is 0 Å². The lowest BCUT2D eigenvalue weighted by atomic mass is 10.2. The quantitative estimate of drug-likeness (QED) is 0.812. The molecule has 2 aromatic carbocycles. The highest BCUT2D eigenvalue weighted by Gasteiger charge is 2.05. The van der Waals surface area contributed by atoms with E-state index < -0.39 is 0 Å². The van der Waals surface area contributed by atoms with Crippen LogP contribution in [0.3, 0.4) is 0 Å². The Morgan fingerprint density at radius 1 is 0.864 bits per heavy atom. The molecule has 0 atom stereocenters. The number of ether oxygens (including phenoxy) is 1. The Labute approximate surface area is 128 Å². The number of amides is 3. The summed E-state index contributed by atoms with van der Waals surface area (Å²) in [5.74, 6) is 0.546. The van der Waals surface area contributed by atoms with Crippen LogP contribution in [-0.4, -0.2) is 26.1 Å². The molecule has 0 aromatic heterocycles. The zero-order chi connectivity index (χ0) is 15.9. The van der Waals surface area contributed by atoms with Gasteiger partial charge in [0.1, 0.15) is 5.75 Å². The lowest BCUT2D eigenvalue weighted by Gasteiger charge is -2.09. The van der Waals surface area contributed by atoms with Gasteiger partial charge in [0.05, 0.1) is 7.11 Å². The topological polar surface area (TPSA) is 79.5 Å². The van der Waals surface area contributed by atoms with Crippen molar-refractivity contribution in [2.75, 3.05) is 24.8 Å². The van der Waals surface area contributed by atoms with Crippen molar-refractivity contribution in [2.24, 2.45) is 0 Å². The predicted molar refractivity (Wildman–Crippen MR) is 85.5 cm³/mol. The molecule has 2 aromatic rings. The van der Waals surface area contributed by atoms with Crippen LogP contribution in [0.15, 0.2) is 48.5 Å². The molecule has 0 saturated carbocycles. The lowest BCUT2D eigenvalue weighted by Crippen LogP contribution is -2.20. The Bertz CT molecular complexity index is 651. The molecule has 2 rings (SSSR count). The summed E-state index contributed by atoms with van der Waals surface area (Å²) in [6.07, 6.45) is 0. The normalized spacial score (nSPS) is 9.73. The minimum absolute atomic E-state index is 0.172. The molecule has 6 heteroatoms. The van der Waals surface area contributed by atoms with E-state index in [4.69, 9.17) is 4.74 Å². The molecule has 0 spiro atoms. The summed E-state index contributed by atoms with van der Waals surface area (Å²) in [5.41, 5.74) is 1.78. The van der Waals surface area contributed by atoms with Crippen molar-refractivity contribution in [1.29, 1.82) is 0 Å². The summed E-state index contributed by atoms with van der Waals surface area (Å²) >= 11 is 0. The zero-order valence-electron chi connectivity index (χ0n) is 12.3. The molecule has 0 aliphatic carbocycles. The van der Waals surface area contributed by atoms with Crippen LogP contribution in [0, 0.1) is 0 Å². The van der Waals surface area contributed by atoms with Crippen molar-refractivity contribution < 1.29 is 14.3 Å². The molecular weight excluding hydrogens is 282 g/mol. The van der Waals surface area contributed by atoms with Crippen molar-refractivity contribution >= 4 is 23.3 Å². The summed E-state index contributed by atoms with van der Waals surface area (Å²) in [7, 11) is 3.15. The fraction of sp³-hybridized carbons (Fsp3) is 0.125. The first kappa shape index (κ1) is 15.4. The molecule has 0 unspecified atom stereocenters. The molecule has 114 valence electrons. The molecule has 0 bridgehead atoms. The summed E-state index contributed by atoms with van der Waals surface area (Å²) < 4.78 is 5.05. The number of methoxy groups -OCH3 is 1. The van der Waals surface area contributed by atoms with Crippen molar-refractivity contribution in [1.82, 2.24) is 5.32 Å². The summed E-state index contributed by atoms with van der Waals surface area (Å²) in [4.78, 5) is 23.3. The van der Waals surface area contributed by atoms with E-state index in [1.54, 1.807) is 62.7 Å². The average Bonchev–Trinajstić information content (AvgIpc) is 2.55. The molecule has 0 aliphatic heterocycles. The SMILES string of the molecule is CNC(=O)c1ccc(NC(=O)Nc2ccc(OC)cc2)cc1. The van der Waals surface area contributed by atoms with Crippen molar-refractivity contribution in [3.05, 3.63) is 54.1 Å². The van der Waals surface area contributed by atoms with E-state index in [0.717, 1.165) is 5.75 Å². The van der Waals surface area contributed by atoms with Gasteiger partial charge in [0.2, 0.25) is 0 Å². The highest BCUT2D eigenvalue weighted by molar-refractivity contribution is 6.00. The lowest BCUT2D eigenvalue weighted by molar-refractivity contribution is 0.0963. The van der Waals surface area contributed by atoms with Gasteiger partial charge in [-0.05, 0) is 48.5 Å². The number of carbonyl (C=O) groups is 2. The van der Waals surface area contributed by atoms with Crippen molar-refractivity contribution in [3.63, 3.8) is 0 Å². The number of rotatable bonds is 4. The number of urea groups is 1. The maximum atomic E-state index is 11.9. The number of hydrogen-bond donors (Lipinski definition) is 3. The molecule has 22 heavy (non-hydrogen) atoms. The first-order valence-corrected chi connectivity index (χ1v) is 6.66. The maximum absolute atomic E-state index is 11.9. The highest BCUT2D eigenvalue weighted by Crippen LogP contribution is 2.15. The van der Waals surface area contributed by atoms with Gasteiger partial charge in [-0.25, -0.2) is 4.79 Å². The molecule has 6 nitrogen and oxygen atoms in total. The number of hydrogen-bond acceptors (Lipinski definition) is 3. The third-order valence-electron chi connectivity index (χ3n) is 2.98. The molecule has 0 aliphatic rings. The monoisotopic (exact) mass is 299 g/mol. The molecule has 0 saturated heterocycles.